The number of esters is 1. The molecule has 3 aromatic rings. The van der Waals surface area contributed by atoms with Crippen LogP contribution in [0.3, 0.4) is 0 Å². The molecule has 1 unspecified atom stereocenters. The third-order valence-corrected chi connectivity index (χ3v) is 4.92. The highest BCUT2D eigenvalue weighted by molar-refractivity contribution is 6.30. The highest BCUT2D eigenvalue weighted by Crippen LogP contribution is 2.35. The molecule has 1 aromatic heterocycles. The van der Waals surface area contributed by atoms with Gasteiger partial charge in [0.2, 0.25) is 11.7 Å². The quantitative estimate of drug-likeness (QED) is 0.276. The summed E-state index contributed by atoms with van der Waals surface area (Å²) in [4.78, 5) is 69.4. The van der Waals surface area contributed by atoms with Crippen molar-refractivity contribution < 1.29 is 28.8 Å². The van der Waals surface area contributed by atoms with Gasteiger partial charge in [-0.15, -0.1) is 0 Å². The van der Waals surface area contributed by atoms with E-state index in [0.717, 1.165) is 12.1 Å². The maximum Gasteiger partial charge on any atom is 0.345 e. The number of nitrogens with one attached hydrogen (secondary N) is 1. The lowest BCUT2D eigenvalue weighted by Crippen LogP contribution is -2.31. The minimum atomic E-state index is -1.37. The summed E-state index contributed by atoms with van der Waals surface area (Å²) in [6.45, 7) is 1.26. The molecule has 1 atom stereocenters. The van der Waals surface area contributed by atoms with Crippen LogP contribution in [0.15, 0.2) is 54.9 Å². The Hall–Kier alpha value is -4.80. The van der Waals surface area contributed by atoms with E-state index in [1.807, 2.05) is 0 Å². The van der Waals surface area contributed by atoms with Crippen LogP contribution in [0.25, 0.3) is 0 Å². The Bertz CT molecular complexity index is 1340. The lowest BCUT2D eigenvalue weighted by Gasteiger charge is -2.18. The van der Waals surface area contributed by atoms with Crippen molar-refractivity contribution in [2.75, 3.05) is 5.32 Å². The number of amides is 1. The molecule has 0 spiro atoms. The number of nitro groups is 1. The lowest BCUT2D eigenvalue weighted by molar-refractivity contribution is -0.385. The number of rotatable bonds is 5. The van der Waals surface area contributed by atoms with E-state index < -0.39 is 51.3 Å². The summed E-state index contributed by atoms with van der Waals surface area (Å²) in [6, 6.07) is 9.66. The largest absolute Gasteiger partial charge is 0.449 e. The van der Waals surface area contributed by atoms with Crippen LogP contribution in [0.4, 0.5) is 11.6 Å². The van der Waals surface area contributed by atoms with Crippen LogP contribution in [0.5, 0.6) is 0 Å². The number of carbonyl (C=O) groups excluding carboxylic acids is 4. The first kappa shape index (κ1) is 21.4. The topological polar surface area (TPSA) is 158 Å². The number of ether oxygens (including phenoxy) is 1. The van der Waals surface area contributed by atoms with Crippen molar-refractivity contribution in [2.24, 2.45) is 0 Å². The highest BCUT2D eigenvalue weighted by Gasteiger charge is 2.39. The monoisotopic (exact) mass is 446 g/mol. The molecule has 11 nitrogen and oxygen atoms in total. The molecular weight excluding hydrogens is 432 g/mol. The Morgan fingerprint density at radius 3 is 2.24 bits per heavy atom. The van der Waals surface area contributed by atoms with Crippen LogP contribution in [-0.2, 0) is 9.53 Å². The van der Waals surface area contributed by atoms with E-state index in [9.17, 15) is 29.3 Å². The highest BCUT2D eigenvalue weighted by atomic mass is 16.6. The third-order valence-electron chi connectivity index (χ3n) is 4.92. The second-order valence-electron chi connectivity index (χ2n) is 6.95. The zero-order valence-electron chi connectivity index (χ0n) is 17.0. The molecule has 2 aromatic carbocycles. The number of ketones is 2. The van der Waals surface area contributed by atoms with Crippen molar-refractivity contribution in [1.29, 1.82) is 0 Å². The summed E-state index contributed by atoms with van der Waals surface area (Å²) >= 11 is 0. The van der Waals surface area contributed by atoms with E-state index >= 15 is 0 Å². The second kappa shape index (κ2) is 8.38. The summed E-state index contributed by atoms with van der Waals surface area (Å²) in [5.41, 5.74) is -1.98. The number of fused-ring (bicyclic) bond motifs is 2. The molecule has 1 heterocycles. The number of hydrogen-bond donors (Lipinski definition) is 1. The summed E-state index contributed by atoms with van der Waals surface area (Å²) in [5.74, 6) is -3.32. The molecule has 0 saturated heterocycles. The predicted octanol–water partition coefficient (Wildman–Crippen LogP) is 2.34. The van der Waals surface area contributed by atoms with Gasteiger partial charge in [0.1, 0.15) is 11.1 Å². The number of carbonyl (C=O) groups is 4. The van der Waals surface area contributed by atoms with E-state index in [1.54, 1.807) is 12.1 Å². The summed E-state index contributed by atoms with van der Waals surface area (Å²) < 4.78 is 5.08. The van der Waals surface area contributed by atoms with E-state index in [2.05, 4.69) is 15.3 Å². The maximum atomic E-state index is 13.0. The van der Waals surface area contributed by atoms with Gasteiger partial charge in [-0.1, -0.05) is 24.3 Å². The maximum absolute atomic E-state index is 13.0. The van der Waals surface area contributed by atoms with Crippen LogP contribution in [0, 0.1) is 10.1 Å². The minimum absolute atomic E-state index is 0.000718. The van der Waals surface area contributed by atoms with Crippen LogP contribution in [-0.4, -0.2) is 44.4 Å². The number of benzene rings is 2. The summed E-state index contributed by atoms with van der Waals surface area (Å²) in [6.07, 6.45) is 1.42. The van der Waals surface area contributed by atoms with Gasteiger partial charge in [0.25, 0.3) is 11.6 Å². The number of anilines is 1. The number of aromatic nitrogens is 2. The average molecular weight is 446 g/mol. The van der Waals surface area contributed by atoms with Gasteiger partial charge in [0, 0.05) is 29.1 Å². The molecule has 33 heavy (non-hydrogen) atoms. The molecule has 1 N–H and O–H groups in total. The van der Waals surface area contributed by atoms with Gasteiger partial charge in [-0.2, -0.15) is 0 Å². The molecular formula is C22H14N4O7. The fourth-order valence-electron chi connectivity index (χ4n) is 3.38. The second-order valence-corrected chi connectivity index (χ2v) is 6.95. The lowest BCUT2D eigenvalue weighted by atomic mass is 9.82. The fraction of sp³-hybridized carbons (Fsp3) is 0.0909. The normalized spacial score (nSPS) is 12.9. The van der Waals surface area contributed by atoms with Crippen molar-refractivity contribution in [1.82, 2.24) is 9.97 Å². The molecule has 164 valence electrons. The van der Waals surface area contributed by atoms with Crippen molar-refractivity contribution in [2.45, 2.75) is 13.0 Å². The summed E-state index contributed by atoms with van der Waals surface area (Å²) in [5, 5.41) is 14.2. The zero-order chi connectivity index (χ0) is 23.7. The smallest absolute Gasteiger partial charge is 0.345 e. The molecule has 4 rings (SSSR count). The first-order valence-electron chi connectivity index (χ1n) is 9.58. The Labute approximate surface area is 185 Å². The SMILES string of the molecule is CC(OC(=O)c1ccc2c(c1[N+](=O)[O-])C(=O)c1ccccc1C2=O)C(=O)Nc1ncccn1. The molecule has 1 aliphatic rings. The van der Waals surface area contributed by atoms with E-state index in [-0.39, 0.29) is 22.6 Å². The van der Waals surface area contributed by atoms with Gasteiger partial charge in [-0.05, 0) is 25.1 Å². The van der Waals surface area contributed by atoms with Crippen LogP contribution >= 0.6 is 0 Å². The standard InChI is InChI=1S/C22H14N4O7/c1-11(20(29)25-22-23-9-4-10-24-22)33-21(30)15-8-7-14-16(17(15)26(31)32)19(28)13-6-3-2-5-12(13)18(14)27/h2-11H,1H3,(H,23,24,25,29). The van der Waals surface area contributed by atoms with Gasteiger partial charge in [-0.25, -0.2) is 14.8 Å². The minimum Gasteiger partial charge on any atom is -0.449 e. The van der Waals surface area contributed by atoms with Gasteiger partial charge in [-0.3, -0.25) is 29.8 Å². The van der Waals surface area contributed by atoms with Crippen molar-refractivity contribution in [3.63, 3.8) is 0 Å². The fourth-order valence-corrected chi connectivity index (χ4v) is 3.38. The Kier molecular flexibility index (Phi) is 5.44. The number of nitro benzene ring substituents is 1. The Balaban J connectivity index is 1.67. The molecule has 0 saturated carbocycles. The van der Waals surface area contributed by atoms with Crippen LogP contribution in [0.1, 0.15) is 49.1 Å². The number of hydrogen-bond acceptors (Lipinski definition) is 9. The van der Waals surface area contributed by atoms with Gasteiger partial charge in [0.15, 0.2) is 11.9 Å². The van der Waals surface area contributed by atoms with Crippen LogP contribution in [0.2, 0.25) is 0 Å². The van der Waals surface area contributed by atoms with Crippen LogP contribution < -0.4 is 5.32 Å². The van der Waals surface area contributed by atoms with Crippen molar-refractivity contribution in [3.8, 4) is 0 Å². The van der Waals surface area contributed by atoms with Crippen molar-refractivity contribution >= 4 is 35.1 Å². The molecule has 0 fully saturated rings. The summed E-state index contributed by atoms with van der Waals surface area (Å²) in [7, 11) is 0. The van der Waals surface area contributed by atoms with E-state index in [0.29, 0.717) is 0 Å². The zero-order valence-corrected chi connectivity index (χ0v) is 17.0. The third kappa shape index (κ3) is 3.82. The van der Waals surface area contributed by atoms with Gasteiger partial charge >= 0.3 is 5.97 Å². The van der Waals surface area contributed by atoms with E-state index in [4.69, 9.17) is 4.74 Å². The average Bonchev–Trinajstić information content (AvgIpc) is 2.82. The molecule has 11 heteroatoms. The molecule has 1 amide bonds. The first-order valence-corrected chi connectivity index (χ1v) is 9.58. The molecule has 0 radical (unpaired) electrons. The Morgan fingerprint density at radius 2 is 1.61 bits per heavy atom. The predicted molar refractivity (Wildman–Crippen MR) is 112 cm³/mol. The van der Waals surface area contributed by atoms with Gasteiger partial charge in [0.05, 0.1) is 4.92 Å². The number of nitrogens with zero attached hydrogens (tertiary/aromatic N) is 3. The molecule has 1 aliphatic carbocycles. The van der Waals surface area contributed by atoms with Crippen molar-refractivity contribution in [3.05, 3.63) is 92.8 Å². The Morgan fingerprint density at radius 1 is 0.970 bits per heavy atom. The molecule has 0 bridgehead atoms. The van der Waals surface area contributed by atoms with Gasteiger partial charge < -0.3 is 4.74 Å². The molecule has 0 aliphatic heterocycles. The first-order chi connectivity index (χ1) is 15.8. The van der Waals surface area contributed by atoms with E-state index in [1.165, 1.54) is 37.5 Å².